The predicted molar refractivity (Wildman–Crippen MR) is 91.1 cm³/mol. The van der Waals surface area contributed by atoms with Gasteiger partial charge in [0.15, 0.2) is 11.5 Å². The fraction of sp³-hybridized carbons (Fsp3) is 0.278. The Kier molecular flexibility index (Phi) is 4.56. The molecule has 2 aromatic rings. The first kappa shape index (κ1) is 16.8. The third kappa shape index (κ3) is 3.13. The van der Waals surface area contributed by atoms with Crippen LogP contribution in [-0.2, 0) is 13.0 Å². The van der Waals surface area contributed by atoms with Gasteiger partial charge >= 0.3 is 0 Å². The molecule has 1 amide bonds. The number of fused-ring (bicyclic) bond motifs is 1. The van der Waals surface area contributed by atoms with Gasteiger partial charge in [-0.3, -0.25) is 14.9 Å². The molecule has 0 N–H and O–H groups in total. The first-order valence-corrected chi connectivity index (χ1v) is 7.81. The van der Waals surface area contributed by atoms with Crippen LogP contribution in [0.2, 0.25) is 0 Å². The Bertz CT molecular complexity index is 834. The Morgan fingerprint density at radius 2 is 1.76 bits per heavy atom. The number of nitro benzene ring substituents is 1. The molecular weight excluding hydrogens is 324 g/mol. The summed E-state index contributed by atoms with van der Waals surface area (Å²) >= 11 is 0. The van der Waals surface area contributed by atoms with Gasteiger partial charge in [-0.25, -0.2) is 0 Å². The Morgan fingerprint density at radius 1 is 1.12 bits per heavy atom. The summed E-state index contributed by atoms with van der Waals surface area (Å²) in [4.78, 5) is 25.0. The molecule has 0 aromatic heterocycles. The van der Waals surface area contributed by atoms with Crippen LogP contribution in [0.25, 0.3) is 0 Å². The van der Waals surface area contributed by atoms with E-state index in [1.165, 1.54) is 12.1 Å². The summed E-state index contributed by atoms with van der Waals surface area (Å²) in [6.07, 6.45) is 0.655. The van der Waals surface area contributed by atoms with Crippen molar-refractivity contribution in [3.05, 3.63) is 63.2 Å². The number of nitro groups is 1. The zero-order valence-electron chi connectivity index (χ0n) is 14.0. The van der Waals surface area contributed by atoms with Crippen LogP contribution >= 0.6 is 0 Å². The van der Waals surface area contributed by atoms with Crippen molar-refractivity contribution >= 4 is 11.6 Å². The fourth-order valence-electron chi connectivity index (χ4n) is 3.04. The van der Waals surface area contributed by atoms with Gasteiger partial charge in [0, 0.05) is 19.2 Å². The molecule has 1 aliphatic heterocycles. The van der Waals surface area contributed by atoms with Gasteiger partial charge in [0.1, 0.15) is 5.56 Å². The maximum absolute atomic E-state index is 12.8. The number of methoxy groups -OCH3 is 2. The standard InChI is InChI=1S/C18H18N2O5/c1-24-16-9-12-7-8-19(11-13(12)10-17(16)25-2)18(21)14-5-3-4-6-15(14)20(22)23/h3-6,9-10H,7-8,11H2,1-2H3. The largest absolute Gasteiger partial charge is 0.493 e. The Labute approximate surface area is 144 Å². The van der Waals surface area contributed by atoms with E-state index in [1.807, 2.05) is 12.1 Å². The molecule has 3 rings (SSSR count). The molecule has 0 saturated heterocycles. The Balaban J connectivity index is 1.90. The average Bonchev–Trinajstić information content (AvgIpc) is 2.65. The highest BCUT2D eigenvalue weighted by atomic mass is 16.6. The molecular formula is C18H18N2O5. The average molecular weight is 342 g/mol. The highest BCUT2D eigenvalue weighted by molar-refractivity contribution is 5.98. The second kappa shape index (κ2) is 6.80. The van der Waals surface area contributed by atoms with Gasteiger partial charge in [-0.2, -0.15) is 0 Å². The van der Waals surface area contributed by atoms with E-state index in [4.69, 9.17) is 9.47 Å². The van der Waals surface area contributed by atoms with E-state index in [1.54, 1.807) is 31.3 Å². The maximum atomic E-state index is 12.8. The number of benzene rings is 2. The number of carbonyl (C=O) groups excluding carboxylic acids is 1. The van der Waals surface area contributed by atoms with Crippen molar-refractivity contribution < 1.29 is 19.2 Å². The molecule has 7 heteroatoms. The predicted octanol–water partition coefficient (Wildman–Crippen LogP) is 2.81. The van der Waals surface area contributed by atoms with Crippen molar-refractivity contribution in [2.45, 2.75) is 13.0 Å². The van der Waals surface area contributed by atoms with E-state index in [-0.39, 0.29) is 17.2 Å². The van der Waals surface area contributed by atoms with Gasteiger partial charge in [0.2, 0.25) is 0 Å². The third-order valence-electron chi connectivity index (χ3n) is 4.34. The zero-order valence-corrected chi connectivity index (χ0v) is 14.0. The molecule has 130 valence electrons. The summed E-state index contributed by atoms with van der Waals surface area (Å²) in [7, 11) is 3.14. The van der Waals surface area contributed by atoms with E-state index in [0.29, 0.717) is 31.0 Å². The first-order chi connectivity index (χ1) is 12.0. The van der Waals surface area contributed by atoms with Crippen LogP contribution in [0.4, 0.5) is 5.69 Å². The zero-order chi connectivity index (χ0) is 18.0. The molecule has 0 saturated carbocycles. The molecule has 0 radical (unpaired) electrons. The number of rotatable bonds is 4. The van der Waals surface area contributed by atoms with Crippen molar-refractivity contribution in [3.63, 3.8) is 0 Å². The molecule has 1 aliphatic rings. The van der Waals surface area contributed by atoms with Gasteiger partial charge in [-0.15, -0.1) is 0 Å². The van der Waals surface area contributed by atoms with Crippen LogP contribution < -0.4 is 9.47 Å². The van der Waals surface area contributed by atoms with Crippen LogP contribution in [0.3, 0.4) is 0 Å². The minimum atomic E-state index is -0.529. The van der Waals surface area contributed by atoms with Gasteiger partial charge in [0.25, 0.3) is 11.6 Å². The third-order valence-corrected chi connectivity index (χ3v) is 4.34. The molecule has 0 bridgehead atoms. The molecule has 7 nitrogen and oxygen atoms in total. The van der Waals surface area contributed by atoms with E-state index < -0.39 is 4.92 Å². The molecule has 0 unspecified atom stereocenters. The molecule has 0 fully saturated rings. The maximum Gasteiger partial charge on any atom is 0.282 e. The van der Waals surface area contributed by atoms with Crippen LogP contribution in [-0.4, -0.2) is 36.5 Å². The number of para-hydroxylation sites is 1. The van der Waals surface area contributed by atoms with E-state index in [0.717, 1.165) is 11.1 Å². The van der Waals surface area contributed by atoms with Crippen molar-refractivity contribution in [3.8, 4) is 11.5 Å². The highest BCUT2D eigenvalue weighted by Crippen LogP contribution is 2.34. The van der Waals surface area contributed by atoms with E-state index in [2.05, 4.69) is 0 Å². The van der Waals surface area contributed by atoms with E-state index >= 15 is 0 Å². The van der Waals surface area contributed by atoms with Gasteiger partial charge in [-0.05, 0) is 35.7 Å². The van der Waals surface area contributed by atoms with Gasteiger partial charge < -0.3 is 14.4 Å². The summed E-state index contributed by atoms with van der Waals surface area (Å²) in [5, 5.41) is 11.2. The second-order valence-corrected chi connectivity index (χ2v) is 5.73. The summed E-state index contributed by atoms with van der Waals surface area (Å²) in [5.74, 6) is 0.911. The summed E-state index contributed by atoms with van der Waals surface area (Å²) in [6, 6.07) is 9.79. The molecule has 2 aromatic carbocycles. The SMILES string of the molecule is COc1cc2c(cc1OC)CN(C(=O)c1ccccc1[N+](=O)[O-])CC2. The van der Waals surface area contributed by atoms with Gasteiger partial charge in [-0.1, -0.05) is 12.1 Å². The lowest BCUT2D eigenvalue weighted by Gasteiger charge is -2.29. The van der Waals surface area contributed by atoms with Crippen molar-refractivity contribution in [1.29, 1.82) is 0 Å². The Hall–Kier alpha value is -3.09. The normalized spacial score (nSPS) is 13.1. The number of hydrogen-bond donors (Lipinski definition) is 0. The van der Waals surface area contributed by atoms with Crippen molar-refractivity contribution in [2.24, 2.45) is 0 Å². The number of carbonyl (C=O) groups is 1. The lowest BCUT2D eigenvalue weighted by Crippen LogP contribution is -2.36. The molecule has 0 spiro atoms. The van der Waals surface area contributed by atoms with Gasteiger partial charge in [0.05, 0.1) is 19.1 Å². The highest BCUT2D eigenvalue weighted by Gasteiger charge is 2.27. The topological polar surface area (TPSA) is 81.9 Å². The molecule has 25 heavy (non-hydrogen) atoms. The second-order valence-electron chi connectivity index (χ2n) is 5.73. The van der Waals surface area contributed by atoms with Crippen LogP contribution in [0, 0.1) is 10.1 Å². The summed E-state index contributed by atoms with van der Waals surface area (Å²) in [6.45, 7) is 0.869. The molecule has 0 atom stereocenters. The lowest BCUT2D eigenvalue weighted by molar-refractivity contribution is -0.385. The van der Waals surface area contributed by atoms with Crippen LogP contribution in [0.15, 0.2) is 36.4 Å². The van der Waals surface area contributed by atoms with E-state index in [9.17, 15) is 14.9 Å². The number of hydrogen-bond acceptors (Lipinski definition) is 5. The summed E-state index contributed by atoms with van der Waals surface area (Å²) in [5.41, 5.74) is 1.97. The lowest BCUT2D eigenvalue weighted by atomic mass is 9.98. The number of nitrogens with zero attached hydrogens (tertiary/aromatic N) is 2. The smallest absolute Gasteiger partial charge is 0.282 e. The van der Waals surface area contributed by atoms with Crippen molar-refractivity contribution in [1.82, 2.24) is 4.90 Å². The number of amides is 1. The van der Waals surface area contributed by atoms with Crippen molar-refractivity contribution in [2.75, 3.05) is 20.8 Å². The monoisotopic (exact) mass is 342 g/mol. The minimum absolute atomic E-state index is 0.108. The molecule has 1 heterocycles. The van der Waals surface area contributed by atoms with Crippen LogP contribution in [0.5, 0.6) is 11.5 Å². The fourth-order valence-corrected chi connectivity index (χ4v) is 3.04. The molecule has 0 aliphatic carbocycles. The Morgan fingerprint density at radius 3 is 2.40 bits per heavy atom. The first-order valence-electron chi connectivity index (χ1n) is 7.81. The quantitative estimate of drug-likeness (QED) is 0.630. The summed E-state index contributed by atoms with van der Waals surface area (Å²) < 4.78 is 10.6. The van der Waals surface area contributed by atoms with Crippen LogP contribution in [0.1, 0.15) is 21.5 Å². The minimum Gasteiger partial charge on any atom is -0.493 e. The number of ether oxygens (including phenoxy) is 2.